The molecule has 7 heteroatoms. The normalized spacial score (nSPS) is 11.6. The summed E-state index contributed by atoms with van der Waals surface area (Å²) in [4.78, 5) is 4.52. The number of hydrogen-bond donors (Lipinski definition) is 1. The lowest BCUT2D eigenvalue weighted by Crippen LogP contribution is -2.23. The molecule has 0 bridgehead atoms. The summed E-state index contributed by atoms with van der Waals surface area (Å²) in [5.41, 5.74) is 3.41. The van der Waals surface area contributed by atoms with Gasteiger partial charge < -0.3 is 0 Å². The van der Waals surface area contributed by atoms with Crippen molar-refractivity contribution in [3.8, 4) is 11.3 Å². The minimum Gasteiger partial charge on any atom is -0.256 e. The van der Waals surface area contributed by atoms with Crippen LogP contribution in [-0.4, -0.2) is 13.4 Å². The predicted octanol–water partition coefficient (Wildman–Crippen LogP) is 4.25. The van der Waals surface area contributed by atoms with E-state index in [2.05, 4.69) is 9.71 Å². The topological polar surface area (TPSA) is 59.1 Å². The molecular weight excluding hydrogens is 364 g/mol. The monoisotopic (exact) mass is 378 g/mol. The summed E-state index contributed by atoms with van der Waals surface area (Å²) in [7, 11) is -3.64. The van der Waals surface area contributed by atoms with Crippen LogP contribution in [0.15, 0.2) is 58.3 Å². The number of rotatable bonds is 5. The van der Waals surface area contributed by atoms with Crippen LogP contribution in [0.25, 0.3) is 11.3 Å². The Morgan fingerprint density at radius 2 is 2.08 bits per heavy atom. The SMILES string of the molecule is Cc1ccc(S(=O)(=O)NCc2cccnc2-c2ccsc2)cc1Cl. The van der Waals surface area contributed by atoms with Gasteiger partial charge in [-0.05, 0) is 47.7 Å². The molecule has 2 heterocycles. The number of halogens is 1. The van der Waals surface area contributed by atoms with Crippen molar-refractivity contribution < 1.29 is 8.42 Å². The van der Waals surface area contributed by atoms with Gasteiger partial charge in [0.15, 0.2) is 0 Å². The number of hydrogen-bond acceptors (Lipinski definition) is 4. The van der Waals surface area contributed by atoms with Crippen LogP contribution < -0.4 is 4.72 Å². The largest absolute Gasteiger partial charge is 0.256 e. The molecule has 0 aliphatic rings. The first kappa shape index (κ1) is 17.1. The van der Waals surface area contributed by atoms with Crippen molar-refractivity contribution in [2.45, 2.75) is 18.4 Å². The summed E-state index contributed by atoms with van der Waals surface area (Å²) in [6.45, 7) is 1.99. The van der Waals surface area contributed by atoms with Crippen molar-refractivity contribution in [1.29, 1.82) is 0 Å². The van der Waals surface area contributed by atoms with Gasteiger partial charge in [0.1, 0.15) is 0 Å². The standard InChI is InChI=1S/C17H15ClN2O2S2/c1-12-4-5-15(9-16(12)18)24(21,22)20-10-13-3-2-7-19-17(13)14-6-8-23-11-14/h2-9,11,20H,10H2,1H3. The highest BCUT2D eigenvalue weighted by atomic mass is 35.5. The van der Waals surface area contributed by atoms with Gasteiger partial charge in [0.25, 0.3) is 0 Å². The molecule has 2 aromatic heterocycles. The van der Waals surface area contributed by atoms with Crippen molar-refractivity contribution in [1.82, 2.24) is 9.71 Å². The fourth-order valence-electron chi connectivity index (χ4n) is 2.24. The Kier molecular flexibility index (Phi) is 5.01. The fraction of sp³-hybridized carbons (Fsp3) is 0.118. The van der Waals surface area contributed by atoms with Crippen molar-refractivity contribution in [2.24, 2.45) is 0 Å². The van der Waals surface area contributed by atoms with Crippen LogP contribution in [0.3, 0.4) is 0 Å². The van der Waals surface area contributed by atoms with Gasteiger partial charge in [0.2, 0.25) is 10.0 Å². The molecule has 0 fully saturated rings. The second-order valence-electron chi connectivity index (χ2n) is 5.26. The second kappa shape index (κ2) is 7.03. The fourth-order valence-corrected chi connectivity index (χ4v) is 4.16. The lowest BCUT2D eigenvalue weighted by Gasteiger charge is -2.10. The minimum absolute atomic E-state index is 0.152. The lowest BCUT2D eigenvalue weighted by atomic mass is 10.1. The van der Waals surface area contributed by atoms with E-state index in [4.69, 9.17) is 11.6 Å². The zero-order chi connectivity index (χ0) is 17.2. The molecular formula is C17H15ClN2O2S2. The highest BCUT2D eigenvalue weighted by molar-refractivity contribution is 7.89. The molecule has 0 amide bonds. The van der Waals surface area contributed by atoms with Crippen LogP contribution in [0.2, 0.25) is 5.02 Å². The third kappa shape index (κ3) is 3.67. The van der Waals surface area contributed by atoms with Gasteiger partial charge in [0, 0.05) is 28.7 Å². The zero-order valence-corrected chi connectivity index (χ0v) is 15.3. The molecule has 0 aliphatic heterocycles. The summed E-state index contributed by atoms with van der Waals surface area (Å²) in [5, 5.41) is 4.38. The molecule has 0 spiro atoms. The molecule has 0 atom stereocenters. The van der Waals surface area contributed by atoms with Crippen molar-refractivity contribution in [3.63, 3.8) is 0 Å². The van der Waals surface area contributed by atoms with E-state index < -0.39 is 10.0 Å². The van der Waals surface area contributed by atoms with Crippen molar-refractivity contribution in [3.05, 3.63) is 69.5 Å². The molecule has 0 radical (unpaired) electrons. The highest BCUT2D eigenvalue weighted by Gasteiger charge is 2.16. The van der Waals surface area contributed by atoms with Crippen LogP contribution in [0.1, 0.15) is 11.1 Å². The molecule has 1 N–H and O–H groups in total. The average Bonchev–Trinajstić information content (AvgIpc) is 3.10. The van der Waals surface area contributed by atoms with Gasteiger partial charge in [-0.2, -0.15) is 11.3 Å². The highest BCUT2D eigenvalue weighted by Crippen LogP contribution is 2.24. The van der Waals surface area contributed by atoms with Gasteiger partial charge in [-0.1, -0.05) is 23.7 Å². The summed E-state index contributed by atoms with van der Waals surface area (Å²) in [6, 6.07) is 10.3. The van der Waals surface area contributed by atoms with E-state index in [9.17, 15) is 8.42 Å². The van der Waals surface area contributed by atoms with Gasteiger partial charge in [-0.25, -0.2) is 13.1 Å². The molecule has 0 saturated carbocycles. The maximum absolute atomic E-state index is 12.5. The summed E-state index contributed by atoms with van der Waals surface area (Å²) in [6.07, 6.45) is 1.70. The van der Waals surface area contributed by atoms with Crippen molar-refractivity contribution in [2.75, 3.05) is 0 Å². The predicted molar refractivity (Wildman–Crippen MR) is 97.8 cm³/mol. The first-order chi connectivity index (χ1) is 11.5. The van der Waals surface area contributed by atoms with Gasteiger partial charge in [-0.15, -0.1) is 0 Å². The lowest BCUT2D eigenvalue weighted by molar-refractivity contribution is 0.581. The van der Waals surface area contributed by atoms with Crippen LogP contribution in [-0.2, 0) is 16.6 Å². The molecule has 0 saturated heterocycles. The van der Waals surface area contributed by atoms with E-state index in [0.29, 0.717) is 5.02 Å². The third-order valence-electron chi connectivity index (χ3n) is 3.59. The van der Waals surface area contributed by atoms with Crippen LogP contribution >= 0.6 is 22.9 Å². The van der Waals surface area contributed by atoms with E-state index in [1.807, 2.05) is 29.8 Å². The number of sulfonamides is 1. The van der Waals surface area contributed by atoms with Gasteiger partial charge in [0.05, 0.1) is 10.6 Å². The molecule has 3 rings (SSSR count). The van der Waals surface area contributed by atoms with Gasteiger partial charge >= 0.3 is 0 Å². The minimum atomic E-state index is -3.64. The van der Waals surface area contributed by atoms with E-state index in [-0.39, 0.29) is 11.4 Å². The Morgan fingerprint density at radius 3 is 2.79 bits per heavy atom. The summed E-state index contributed by atoms with van der Waals surface area (Å²) >= 11 is 7.60. The summed E-state index contributed by atoms with van der Waals surface area (Å²) < 4.78 is 27.6. The Hall–Kier alpha value is -1.73. The molecule has 124 valence electrons. The number of aromatic nitrogens is 1. The number of benzene rings is 1. The van der Waals surface area contributed by atoms with Crippen LogP contribution in [0.4, 0.5) is 0 Å². The third-order valence-corrected chi connectivity index (χ3v) is 6.08. The number of aryl methyl sites for hydroxylation is 1. The van der Waals surface area contributed by atoms with E-state index in [1.54, 1.807) is 35.7 Å². The first-order valence-electron chi connectivity index (χ1n) is 7.19. The maximum atomic E-state index is 12.5. The first-order valence-corrected chi connectivity index (χ1v) is 10.00. The van der Waals surface area contributed by atoms with E-state index in [1.165, 1.54) is 6.07 Å². The van der Waals surface area contributed by atoms with Crippen molar-refractivity contribution >= 4 is 33.0 Å². The smallest absolute Gasteiger partial charge is 0.240 e. The number of nitrogens with zero attached hydrogens (tertiary/aromatic N) is 1. The Labute approximate surface area is 150 Å². The van der Waals surface area contributed by atoms with Crippen LogP contribution in [0, 0.1) is 6.92 Å². The molecule has 3 aromatic rings. The van der Waals surface area contributed by atoms with E-state index >= 15 is 0 Å². The Morgan fingerprint density at radius 1 is 1.25 bits per heavy atom. The van der Waals surface area contributed by atoms with E-state index in [0.717, 1.165) is 22.4 Å². The quantitative estimate of drug-likeness (QED) is 0.722. The number of thiophene rings is 1. The second-order valence-corrected chi connectivity index (χ2v) is 8.21. The molecule has 1 aromatic carbocycles. The molecule has 4 nitrogen and oxygen atoms in total. The Bertz CT molecular complexity index is 954. The Balaban J connectivity index is 1.84. The van der Waals surface area contributed by atoms with Crippen LogP contribution in [0.5, 0.6) is 0 Å². The zero-order valence-electron chi connectivity index (χ0n) is 12.9. The number of nitrogens with one attached hydrogen (secondary N) is 1. The number of pyridine rings is 1. The molecule has 0 aliphatic carbocycles. The maximum Gasteiger partial charge on any atom is 0.240 e. The van der Waals surface area contributed by atoms with Gasteiger partial charge in [-0.3, -0.25) is 4.98 Å². The molecule has 0 unspecified atom stereocenters. The summed E-state index contributed by atoms with van der Waals surface area (Å²) in [5.74, 6) is 0. The average molecular weight is 379 g/mol. The molecule has 24 heavy (non-hydrogen) atoms.